The maximum atomic E-state index is 6.05. The van der Waals surface area contributed by atoms with E-state index in [2.05, 4.69) is 27.7 Å². The quantitative estimate of drug-likeness (QED) is 0.736. The van der Waals surface area contributed by atoms with Gasteiger partial charge in [-0.2, -0.15) is 0 Å². The van der Waals surface area contributed by atoms with Gasteiger partial charge in [0.1, 0.15) is 5.76 Å². The van der Waals surface area contributed by atoms with Gasteiger partial charge in [0.15, 0.2) is 0 Å². The van der Waals surface area contributed by atoms with Crippen molar-refractivity contribution in [3.8, 4) is 0 Å². The van der Waals surface area contributed by atoms with Crippen molar-refractivity contribution in [3.63, 3.8) is 0 Å². The van der Waals surface area contributed by atoms with Gasteiger partial charge in [-0.1, -0.05) is 0 Å². The summed E-state index contributed by atoms with van der Waals surface area (Å²) in [7, 11) is -0.0879. The molecule has 0 N–H and O–H groups in total. The summed E-state index contributed by atoms with van der Waals surface area (Å²) in [6, 6.07) is 3.98. The summed E-state index contributed by atoms with van der Waals surface area (Å²) in [5, 5.41) is 0. The molecular weight excluding hydrogens is 215 g/mol. The molecule has 1 aromatic heterocycles. The molecule has 2 unspecified atom stereocenters. The molecule has 2 atom stereocenters. The molecular formula is C13H19BO3. The molecule has 0 radical (unpaired) electrons. The van der Waals surface area contributed by atoms with Gasteiger partial charge in [-0.15, -0.1) is 0 Å². The van der Waals surface area contributed by atoms with Crippen molar-refractivity contribution in [1.82, 2.24) is 0 Å². The van der Waals surface area contributed by atoms with Crippen LogP contribution in [0.2, 0.25) is 5.82 Å². The lowest BCUT2D eigenvalue weighted by Gasteiger charge is -2.32. The van der Waals surface area contributed by atoms with Gasteiger partial charge in [0.25, 0.3) is 0 Å². The van der Waals surface area contributed by atoms with Crippen LogP contribution in [0.5, 0.6) is 0 Å². The Hall–Kier alpha value is -0.735. The van der Waals surface area contributed by atoms with Gasteiger partial charge < -0.3 is 13.7 Å². The number of furan rings is 1. The van der Waals surface area contributed by atoms with E-state index in [0.717, 1.165) is 12.2 Å². The number of hydrogen-bond donors (Lipinski definition) is 0. The van der Waals surface area contributed by atoms with E-state index in [-0.39, 0.29) is 18.3 Å². The van der Waals surface area contributed by atoms with E-state index in [1.54, 1.807) is 6.26 Å². The average Bonchev–Trinajstić information content (AvgIpc) is 2.75. The first-order chi connectivity index (χ1) is 7.91. The molecule has 3 rings (SSSR count). The van der Waals surface area contributed by atoms with Crippen LogP contribution in [0.3, 0.4) is 0 Å². The highest BCUT2D eigenvalue weighted by Gasteiger charge is 2.60. The van der Waals surface area contributed by atoms with Crippen molar-refractivity contribution in [2.75, 3.05) is 0 Å². The monoisotopic (exact) mass is 234 g/mol. The van der Waals surface area contributed by atoms with Crippen molar-refractivity contribution in [1.29, 1.82) is 0 Å². The van der Waals surface area contributed by atoms with E-state index >= 15 is 0 Å². The maximum Gasteiger partial charge on any atom is 0.461 e. The van der Waals surface area contributed by atoms with Gasteiger partial charge in [0.2, 0.25) is 0 Å². The van der Waals surface area contributed by atoms with E-state index in [1.807, 2.05) is 12.1 Å². The molecule has 0 bridgehead atoms. The second-order valence-electron chi connectivity index (χ2n) is 6.15. The van der Waals surface area contributed by atoms with E-state index < -0.39 is 0 Å². The third-order valence-electron chi connectivity index (χ3n) is 4.37. The van der Waals surface area contributed by atoms with Crippen molar-refractivity contribution in [2.24, 2.45) is 0 Å². The Morgan fingerprint density at radius 2 is 1.82 bits per heavy atom. The van der Waals surface area contributed by atoms with Gasteiger partial charge in [-0.3, -0.25) is 0 Å². The van der Waals surface area contributed by atoms with Crippen molar-refractivity contribution in [2.45, 2.75) is 57.1 Å². The predicted octanol–water partition coefficient (Wildman–Crippen LogP) is 3.23. The molecule has 1 aromatic rings. The molecule has 1 aliphatic heterocycles. The first-order valence-electron chi connectivity index (χ1n) is 6.30. The van der Waals surface area contributed by atoms with Crippen LogP contribution < -0.4 is 0 Å². The van der Waals surface area contributed by atoms with Crippen LogP contribution in [-0.2, 0) is 9.31 Å². The Morgan fingerprint density at radius 3 is 2.35 bits per heavy atom. The highest BCUT2D eigenvalue weighted by Crippen LogP contribution is 2.58. The molecule has 0 amide bonds. The Morgan fingerprint density at radius 1 is 1.18 bits per heavy atom. The second kappa shape index (κ2) is 3.39. The van der Waals surface area contributed by atoms with E-state index in [9.17, 15) is 0 Å². The van der Waals surface area contributed by atoms with Crippen molar-refractivity contribution >= 4 is 7.12 Å². The topological polar surface area (TPSA) is 31.6 Å². The lowest BCUT2D eigenvalue weighted by Crippen LogP contribution is -2.41. The van der Waals surface area contributed by atoms with Crippen LogP contribution in [0.25, 0.3) is 0 Å². The fourth-order valence-corrected chi connectivity index (χ4v) is 2.41. The molecule has 1 saturated heterocycles. The van der Waals surface area contributed by atoms with Crippen LogP contribution in [0.4, 0.5) is 0 Å². The first kappa shape index (κ1) is 11.4. The summed E-state index contributed by atoms with van der Waals surface area (Å²) < 4.78 is 17.5. The maximum absolute atomic E-state index is 6.05. The summed E-state index contributed by atoms with van der Waals surface area (Å²) in [6.07, 6.45) is 2.83. The van der Waals surface area contributed by atoms with Crippen LogP contribution >= 0.6 is 0 Å². The Balaban J connectivity index is 1.70. The standard InChI is InChI=1S/C13H19BO3/c1-12(2)13(3,4)17-14(16-12)10-8-9(10)11-6-5-7-15-11/h5-7,9-10H,8H2,1-4H3. The third kappa shape index (κ3) is 1.74. The van der Waals surface area contributed by atoms with Crippen LogP contribution in [0, 0.1) is 0 Å². The largest absolute Gasteiger partial charge is 0.469 e. The summed E-state index contributed by atoms with van der Waals surface area (Å²) in [4.78, 5) is 0. The number of hydrogen-bond acceptors (Lipinski definition) is 3. The van der Waals surface area contributed by atoms with E-state index in [0.29, 0.717) is 11.7 Å². The Bertz CT molecular complexity index is 394. The molecule has 0 aromatic carbocycles. The van der Waals surface area contributed by atoms with Gasteiger partial charge in [0.05, 0.1) is 17.5 Å². The zero-order valence-electron chi connectivity index (χ0n) is 10.9. The fourth-order valence-electron chi connectivity index (χ4n) is 2.41. The van der Waals surface area contributed by atoms with Gasteiger partial charge in [-0.25, -0.2) is 0 Å². The van der Waals surface area contributed by atoms with E-state index in [4.69, 9.17) is 13.7 Å². The lowest BCUT2D eigenvalue weighted by atomic mass is 9.80. The summed E-state index contributed by atoms with van der Waals surface area (Å²) in [5.41, 5.74) is -0.456. The van der Waals surface area contributed by atoms with Crippen molar-refractivity contribution in [3.05, 3.63) is 24.2 Å². The summed E-state index contributed by atoms with van der Waals surface area (Å²) in [6.45, 7) is 8.38. The summed E-state index contributed by atoms with van der Waals surface area (Å²) >= 11 is 0. The number of rotatable bonds is 2. The van der Waals surface area contributed by atoms with Gasteiger partial charge >= 0.3 is 7.12 Å². The van der Waals surface area contributed by atoms with Crippen LogP contribution in [0.15, 0.2) is 22.8 Å². The highest BCUT2D eigenvalue weighted by atomic mass is 16.7. The molecule has 1 saturated carbocycles. The Labute approximate surface area is 103 Å². The van der Waals surface area contributed by atoms with Gasteiger partial charge in [-0.05, 0) is 46.2 Å². The fraction of sp³-hybridized carbons (Fsp3) is 0.692. The molecule has 17 heavy (non-hydrogen) atoms. The molecule has 3 nitrogen and oxygen atoms in total. The molecule has 92 valence electrons. The highest BCUT2D eigenvalue weighted by molar-refractivity contribution is 6.49. The lowest BCUT2D eigenvalue weighted by molar-refractivity contribution is 0.00578. The SMILES string of the molecule is CC1(C)OB(C2CC2c2ccco2)OC1(C)C. The molecule has 2 heterocycles. The summed E-state index contributed by atoms with van der Waals surface area (Å²) in [5.74, 6) is 1.98. The minimum Gasteiger partial charge on any atom is -0.469 e. The zero-order chi connectivity index (χ0) is 12.3. The third-order valence-corrected chi connectivity index (χ3v) is 4.37. The smallest absolute Gasteiger partial charge is 0.461 e. The molecule has 4 heteroatoms. The molecule has 2 fully saturated rings. The normalized spacial score (nSPS) is 34.0. The predicted molar refractivity (Wildman–Crippen MR) is 65.9 cm³/mol. The first-order valence-corrected chi connectivity index (χ1v) is 6.30. The minimum atomic E-state index is -0.228. The van der Waals surface area contributed by atoms with Crippen LogP contribution in [0.1, 0.15) is 45.8 Å². The minimum absolute atomic E-state index is 0.0879. The Kier molecular flexibility index (Phi) is 2.27. The molecule has 2 aliphatic rings. The van der Waals surface area contributed by atoms with E-state index in [1.165, 1.54) is 0 Å². The van der Waals surface area contributed by atoms with Crippen molar-refractivity contribution < 1.29 is 13.7 Å². The van der Waals surface area contributed by atoms with Gasteiger partial charge in [0, 0.05) is 11.7 Å². The second-order valence-corrected chi connectivity index (χ2v) is 6.15. The average molecular weight is 234 g/mol. The van der Waals surface area contributed by atoms with Crippen LogP contribution in [-0.4, -0.2) is 18.3 Å². The molecule has 0 spiro atoms. The molecule has 1 aliphatic carbocycles. The zero-order valence-corrected chi connectivity index (χ0v) is 10.9.